The van der Waals surface area contributed by atoms with Gasteiger partial charge in [0.15, 0.2) is 0 Å². The van der Waals surface area contributed by atoms with Crippen LogP contribution in [0.4, 0.5) is 0 Å². The second-order valence-corrected chi connectivity index (χ2v) is 7.56. The lowest BCUT2D eigenvalue weighted by Crippen LogP contribution is -2.52. The van der Waals surface area contributed by atoms with Gasteiger partial charge in [-0.25, -0.2) is 4.98 Å². The predicted octanol–water partition coefficient (Wildman–Crippen LogP) is 2.82. The summed E-state index contributed by atoms with van der Waals surface area (Å²) in [5, 5.41) is 2.98. The Labute approximate surface area is 160 Å². The number of nitrogens with zero attached hydrogens (tertiary/aromatic N) is 2. The van der Waals surface area contributed by atoms with Gasteiger partial charge in [0, 0.05) is 23.8 Å². The first-order valence-electron chi connectivity index (χ1n) is 9.62. The van der Waals surface area contributed by atoms with Gasteiger partial charge in [-0.2, -0.15) is 0 Å². The summed E-state index contributed by atoms with van der Waals surface area (Å²) < 4.78 is 0. The fraction of sp³-hybridized carbons (Fsp3) is 0.476. The highest BCUT2D eigenvalue weighted by Gasteiger charge is 2.33. The average Bonchev–Trinajstić information content (AvgIpc) is 2.93. The van der Waals surface area contributed by atoms with Crippen molar-refractivity contribution in [2.45, 2.75) is 44.1 Å². The van der Waals surface area contributed by atoms with Crippen molar-refractivity contribution >= 4 is 5.91 Å². The first-order chi connectivity index (χ1) is 13.0. The minimum Gasteiger partial charge on any atom is -0.350 e. The van der Waals surface area contributed by atoms with Crippen LogP contribution in [-0.2, 0) is 0 Å². The van der Waals surface area contributed by atoms with Crippen molar-refractivity contribution in [2.24, 2.45) is 0 Å². The van der Waals surface area contributed by atoms with Gasteiger partial charge in [0.1, 0.15) is 11.4 Å². The summed E-state index contributed by atoms with van der Waals surface area (Å²) in [6, 6.07) is 9.39. The lowest BCUT2D eigenvalue weighted by atomic mass is 9.88. The van der Waals surface area contributed by atoms with E-state index in [1.807, 2.05) is 30.3 Å². The number of likely N-dealkylation sites (N-methyl/N-ethyl adjacent to an activating group) is 1. The maximum atomic E-state index is 12.6. The van der Waals surface area contributed by atoms with E-state index in [9.17, 15) is 9.59 Å². The van der Waals surface area contributed by atoms with Crippen molar-refractivity contribution in [1.82, 2.24) is 20.2 Å². The molecule has 6 nitrogen and oxygen atoms in total. The van der Waals surface area contributed by atoms with Crippen molar-refractivity contribution in [1.29, 1.82) is 0 Å². The van der Waals surface area contributed by atoms with Gasteiger partial charge in [0.25, 0.3) is 11.5 Å². The van der Waals surface area contributed by atoms with Crippen molar-refractivity contribution in [3.63, 3.8) is 0 Å². The molecule has 0 aliphatic heterocycles. The van der Waals surface area contributed by atoms with E-state index in [2.05, 4.69) is 34.3 Å². The number of carbonyl (C=O) groups is 1. The summed E-state index contributed by atoms with van der Waals surface area (Å²) in [4.78, 5) is 34.2. The SMILES string of the molecule is CN(C)C1(CNC(=O)c2cnc(-c3ccccc3)[nH]c2=O)CCCCCC1. The third kappa shape index (κ3) is 4.45. The zero-order chi connectivity index (χ0) is 19.3. The molecule has 2 aromatic rings. The highest BCUT2D eigenvalue weighted by Crippen LogP contribution is 2.30. The van der Waals surface area contributed by atoms with Crippen molar-refractivity contribution in [3.05, 3.63) is 52.4 Å². The Morgan fingerprint density at radius 2 is 1.81 bits per heavy atom. The molecule has 0 spiro atoms. The summed E-state index contributed by atoms with van der Waals surface area (Å²) >= 11 is 0. The number of aromatic amines is 1. The molecule has 3 rings (SSSR count). The van der Waals surface area contributed by atoms with Crippen molar-refractivity contribution in [3.8, 4) is 11.4 Å². The second kappa shape index (κ2) is 8.48. The highest BCUT2D eigenvalue weighted by atomic mass is 16.2. The van der Waals surface area contributed by atoms with E-state index in [1.54, 1.807) is 0 Å². The highest BCUT2D eigenvalue weighted by molar-refractivity contribution is 5.93. The fourth-order valence-electron chi connectivity index (χ4n) is 3.81. The molecule has 2 N–H and O–H groups in total. The lowest BCUT2D eigenvalue weighted by molar-refractivity contribution is 0.0867. The number of benzene rings is 1. The monoisotopic (exact) mass is 368 g/mol. The van der Waals surface area contributed by atoms with E-state index in [0.717, 1.165) is 18.4 Å². The van der Waals surface area contributed by atoms with Gasteiger partial charge in [0.2, 0.25) is 0 Å². The van der Waals surface area contributed by atoms with Crippen LogP contribution in [0.1, 0.15) is 48.9 Å². The molecule has 1 aromatic heterocycles. The van der Waals surface area contributed by atoms with Crippen LogP contribution in [0, 0.1) is 0 Å². The lowest BCUT2D eigenvalue weighted by Gasteiger charge is -2.39. The first-order valence-corrected chi connectivity index (χ1v) is 9.62. The molecule has 1 aliphatic carbocycles. The summed E-state index contributed by atoms with van der Waals surface area (Å²) in [5.74, 6) is 0.0968. The first kappa shape index (κ1) is 19.3. The number of H-pyrrole nitrogens is 1. The number of carbonyl (C=O) groups excluding carboxylic acids is 1. The van der Waals surface area contributed by atoms with E-state index in [-0.39, 0.29) is 17.0 Å². The van der Waals surface area contributed by atoms with E-state index in [4.69, 9.17) is 0 Å². The molecular formula is C21H28N4O2. The van der Waals surface area contributed by atoms with E-state index >= 15 is 0 Å². The van der Waals surface area contributed by atoms with Gasteiger partial charge in [-0.1, -0.05) is 56.0 Å². The zero-order valence-corrected chi connectivity index (χ0v) is 16.1. The molecule has 1 saturated carbocycles. The molecule has 0 atom stereocenters. The molecule has 0 saturated heterocycles. The Hall–Kier alpha value is -2.47. The Bertz CT molecular complexity index is 822. The minimum atomic E-state index is -0.416. The Balaban J connectivity index is 1.73. The molecule has 1 heterocycles. The number of amides is 1. The topological polar surface area (TPSA) is 78.1 Å². The quantitative estimate of drug-likeness (QED) is 0.796. The van der Waals surface area contributed by atoms with E-state index < -0.39 is 5.56 Å². The molecule has 0 unspecified atom stereocenters. The average molecular weight is 368 g/mol. The molecule has 1 aromatic carbocycles. The molecular weight excluding hydrogens is 340 g/mol. The van der Waals surface area contributed by atoms with Gasteiger partial charge < -0.3 is 15.2 Å². The largest absolute Gasteiger partial charge is 0.350 e. The molecule has 6 heteroatoms. The molecule has 0 bridgehead atoms. The molecule has 27 heavy (non-hydrogen) atoms. The van der Waals surface area contributed by atoms with Gasteiger partial charge in [0.05, 0.1) is 0 Å². The number of rotatable bonds is 5. The number of hydrogen-bond donors (Lipinski definition) is 2. The maximum absolute atomic E-state index is 12.6. The van der Waals surface area contributed by atoms with Crippen LogP contribution in [0.5, 0.6) is 0 Å². The smallest absolute Gasteiger partial charge is 0.264 e. The van der Waals surface area contributed by atoms with Gasteiger partial charge in [-0.3, -0.25) is 9.59 Å². The number of nitrogens with one attached hydrogen (secondary N) is 2. The third-order valence-electron chi connectivity index (χ3n) is 5.65. The fourth-order valence-corrected chi connectivity index (χ4v) is 3.81. The van der Waals surface area contributed by atoms with Crippen LogP contribution < -0.4 is 10.9 Å². The number of hydrogen-bond acceptors (Lipinski definition) is 4. The van der Waals surface area contributed by atoms with Gasteiger partial charge in [-0.05, 0) is 26.9 Å². The summed E-state index contributed by atoms with van der Waals surface area (Å²) in [7, 11) is 4.14. The molecule has 1 amide bonds. The van der Waals surface area contributed by atoms with Crippen molar-refractivity contribution in [2.75, 3.05) is 20.6 Å². The van der Waals surface area contributed by atoms with Crippen LogP contribution in [-0.4, -0.2) is 47.0 Å². The van der Waals surface area contributed by atoms with Crippen LogP contribution in [0.3, 0.4) is 0 Å². The molecule has 0 radical (unpaired) electrons. The Morgan fingerprint density at radius 1 is 1.15 bits per heavy atom. The minimum absolute atomic E-state index is 0.0453. The Kier molecular flexibility index (Phi) is 6.06. The maximum Gasteiger partial charge on any atom is 0.264 e. The van der Waals surface area contributed by atoms with Crippen LogP contribution in [0.25, 0.3) is 11.4 Å². The molecule has 1 fully saturated rings. The summed E-state index contributed by atoms with van der Waals surface area (Å²) in [6.07, 6.45) is 8.31. The summed E-state index contributed by atoms with van der Waals surface area (Å²) in [6.45, 7) is 0.540. The van der Waals surface area contributed by atoms with Crippen LogP contribution in [0.15, 0.2) is 41.3 Å². The second-order valence-electron chi connectivity index (χ2n) is 7.56. The van der Waals surface area contributed by atoms with E-state index in [1.165, 1.54) is 31.9 Å². The van der Waals surface area contributed by atoms with E-state index in [0.29, 0.717) is 12.4 Å². The van der Waals surface area contributed by atoms with Gasteiger partial charge in [-0.15, -0.1) is 0 Å². The standard InChI is InChI=1S/C21H28N4O2/c1-25(2)21(12-8-3-4-9-13-21)15-23-19(26)17-14-22-18(24-20(17)27)16-10-6-5-7-11-16/h5-7,10-11,14H,3-4,8-9,12-13,15H2,1-2H3,(H,23,26)(H,22,24,27). The molecule has 1 aliphatic rings. The van der Waals surface area contributed by atoms with Crippen LogP contribution in [0.2, 0.25) is 0 Å². The Morgan fingerprint density at radius 3 is 2.41 bits per heavy atom. The summed E-state index contributed by atoms with van der Waals surface area (Å²) in [5.41, 5.74) is 0.404. The molecule has 144 valence electrons. The number of aromatic nitrogens is 2. The zero-order valence-electron chi connectivity index (χ0n) is 16.1. The normalized spacial score (nSPS) is 16.7. The predicted molar refractivity (Wildman–Crippen MR) is 107 cm³/mol. The van der Waals surface area contributed by atoms with Crippen LogP contribution >= 0.6 is 0 Å². The third-order valence-corrected chi connectivity index (χ3v) is 5.65. The van der Waals surface area contributed by atoms with Gasteiger partial charge >= 0.3 is 0 Å². The van der Waals surface area contributed by atoms with Crippen molar-refractivity contribution < 1.29 is 4.79 Å².